The van der Waals surface area contributed by atoms with E-state index in [4.69, 9.17) is 25.8 Å². The number of H-pyrrole nitrogens is 1. The molecule has 0 atom stereocenters. The monoisotopic (exact) mass is 358 g/mol. The van der Waals surface area contributed by atoms with Crippen molar-refractivity contribution in [1.29, 1.82) is 0 Å². The largest absolute Gasteiger partial charge is 0.461 e. The number of esters is 1. The van der Waals surface area contributed by atoms with E-state index in [0.29, 0.717) is 22.9 Å². The average molecular weight is 359 g/mol. The fourth-order valence-corrected chi connectivity index (χ4v) is 2.97. The second-order valence-electron chi connectivity index (χ2n) is 5.67. The van der Waals surface area contributed by atoms with Crippen LogP contribution in [0.3, 0.4) is 0 Å². The quantitative estimate of drug-likeness (QED) is 0.705. The van der Waals surface area contributed by atoms with Crippen molar-refractivity contribution in [3.8, 4) is 11.5 Å². The zero-order chi connectivity index (χ0) is 17.2. The van der Waals surface area contributed by atoms with Crippen LogP contribution in [0.2, 0.25) is 5.02 Å². The van der Waals surface area contributed by atoms with Gasteiger partial charge in [0.1, 0.15) is 12.4 Å². The summed E-state index contributed by atoms with van der Waals surface area (Å²) in [6, 6.07) is 11.2. The van der Waals surface area contributed by atoms with Crippen molar-refractivity contribution in [2.24, 2.45) is 0 Å². The van der Waals surface area contributed by atoms with E-state index < -0.39 is 0 Å². The third kappa shape index (κ3) is 3.39. The van der Waals surface area contributed by atoms with E-state index in [1.165, 1.54) is 0 Å². The lowest BCUT2D eigenvalue weighted by molar-refractivity contribution is -0.144. The molecular formula is C18H15ClN2O4. The molecule has 0 saturated carbocycles. The maximum absolute atomic E-state index is 12.0. The Balaban J connectivity index is 1.33. The predicted molar refractivity (Wildman–Crippen MR) is 91.8 cm³/mol. The Hall–Kier alpha value is -2.73. The van der Waals surface area contributed by atoms with Crippen molar-refractivity contribution >= 4 is 28.6 Å². The highest BCUT2D eigenvalue weighted by Crippen LogP contribution is 2.39. The van der Waals surface area contributed by atoms with E-state index in [-0.39, 0.29) is 25.8 Å². The van der Waals surface area contributed by atoms with E-state index in [2.05, 4.69) is 9.97 Å². The first-order chi connectivity index (χ1) is 12.2. The summed E-state index contributed by atoms with van der Waals surface area (Å²) in [6.45, 7) is 0.283. The van der Waals surface area contributed by atoms with Gasteiger partial charge in [-0.1, -0.05) is 23.7 Å². The molecule has 0 bridgehead atoms. The minimum atomic E-state index is -0.297. The van der Waals surface area contributed by atoms with Crippen LogP contribution in [0.5, 0.6) is 11.5 Å². The zero-order valence-corrected chi connectivity index (χ0v) is 14.0. The summed E-state index contributed by atoms with van der Waals surface area (Å²) in [7, 11) is 0. The highest BCUT2D eigenvalue weighted by atomic mass is 35.5. The molecular weight excluding hydrogens is 344 g/mol. The Morgan fingerprint density at radius 2 is 2.16 bits per heavy atom. The van der Waals surface area contributed by atoms with Gasteiger partial charge in [0, 0.05) is 6.42 Å². The predicted octanol–water partition coefficient (Wildman–Crippen LogP) is 3.62. The molecule has 1 aliphatic rings. The standard InChI is InChI=1S/C18H15ClN2O4/c19-12-7-11(8-15-18(12)25-10-24-15)9-23-17(22)6-5-16-20-13-3-1-2-4-14(13)21-16/h1-4,7-8H,5-6,9-10H2,(H,20,21). The van der Waals surface area contributed by atoms with Gasteiger partial charge in [0.15, 0.2) is 11.5 Å². The summed E-state index contributed by atoms with van der Waals surface area (Å²) in [4.78, 5) is 19.6. The van der Waals surface area contributed by atoms with Crippen LogP contribution in [0.1, 0.15) is 17.8 Å². The van der Waals surface area contributed by atoms with Crippen LogP contribution < -0.4 is 9.47 Å². The number of carbonyl (C=O) groups excluding carboxylic acids is 1. The van der Waals surface area contributed by atoms with Crippen LogP contribution in [-0.2, 0) is 22.6 Å². The number of aryl methyl sites for hydroxylation is 1. The molecule has 1 N–H and O–H groups in total. The van der Waals surface area contributed by atoms with Crippen molar-refractivity contribution in [1.82, 2.24) is 9.97 Å². The number of imidazole rings is 1. The molecule has 25 heavy (non-hydrogen) atoms. The number of hydrogen-bond acceptors (Lipinski definition) is 5. The fourth-order valence-electron chi connectivity index (χ4n) is 2.68. The molecule has 0 fully saturated rings. The van der Waals surface area contributed by atoms with Crippen molar-refractivity contribution < 1.29 is 19.0 Å². The Morgan fingerprint density at radius 3 is 3.04 bits per heavy atom. The minimum Gasteiger partial charge on any atom is -0.461 e. The topological polar surface area (TPSA) is 73.4 Å². The number of ether oxygens (including phenoxy) is 3. The van der Waals surface area contributed by atoms with Gasteiger partial charge in [-0.05, 0) is 29.8 Å². The van der Waals surface area contributed by atoms with E-state index in [1.54, 1.807) is 12.1 Å². The molecule has 6 nitrogen and oxygen atoms in total. The van der Waals surface area contributed by atoms with E-state index >= 15 is 0 Å². The number of fused-ring (bicyclic) bond motifs is 2. The number of halogens is 1. The lowest BCUT2D eigenvalue weighted by atomic mass is 10.2. The van der Waals surface area contributed by atoms with Crippen LogP contribution >= 0.6 is 11.6 Å². The molecule has 128 valence electrons. The van der Waals surface area contributed by atoms with Crippen LogP contribution in [-0.4, -0.2) is 22.7 Å². The summed E-state index contributed by atoms with van der Waals surface area (Å²) >= 11 is 6.11. The lowest BCUT2D eigenvalue weighted by Crippen LogP contribution is -2.06. The summed E-state index contributed by atoms with van der Waals surface area (Å²) in [6.07, 6.45) is 0.744. The first-order valence-corrected chi connectivity index (χ1v) is 8.24. The molecule has 3 aromatic rings. The lowest BCUT2D eigenvalue weighted by Gasteiger charge is -2.06. The van der Waals surface area contributed by atoms with Gasteiger partial charge in [-0.2, -0.15) is 0 Å². The highest BCUT2D eigenvalue weighted by molar-refractivity contribution is 6.32. The molecule has 0 aliphatic carbocycles. The van der Waals surface area contributed by atoms with Gasteiger partial charge in [-0.15, -0.1) is 0 Å². The van der Waals surface area contributed by atoms with Gasteiger partial charge >= 0.3 is 5.97 Å². The molecule has 0 unspecified atom stereocenters. The number of aromatic nitrogens is 2. The number of carbonyl (C=O) groups is 1. The molecule has 0 spiro atoms. The van der Waals surface area contributed by atoms with Gasteiger partial charge in [0.25, 0.3) is 0 Å². The summed E-state index contributed by atoms with van der Waals surface area (Å²) in [5.41, 5.74) is 2.60. The van der Waals surface area contributed by atoms with Crippen LogP contribution in [0.15, 0.2) is 36.4 Å². The maximum atomic E-state index is 12.0. The number of benzene rings is 2. The Kier molecular flexibility index (Phi) is 4.19. The number of rotatable bonds is 5. The fraction of sp³-hybridized carbons (Fsp3) is 0.222. The van der Waals surface area contributed by atoms with Gasteiger partial charge in [-0.3, -0.25) is 4.79 Å². The van der Waals surface area contributed by atoms with Crippen LogP contribution in [0.25, 0.3) is 11.0 Å². The van der Waals surface area contributed by atoms with E-state index in [1.807, 2.05) is 24.3 Å². The molecule has 4 rings (SSSR count). The molecule has 7 heteroatoms. The first kappa shape index (κ1) is 15.8. The van der Waals surface area contributed by atoms with E-state index in [0.717, 1.165) is 22.4 Å². The van der Waals surface area contributed by atoms with Gasteiger partial charge < -0.3 is 19.2 Å². The summed E-state index contributed by atoms with van der Waals surface area (Å²) in [5.74, 6) is 1.57. The van der Waals surface area contributed by atoms with Crippen LogP contribution in [0.4, 0.5) is 0 Å². The Bertz CT molecular complexity index is 905. The molecule has 2 heterocycles. The highest BCUT2D eigenvalue weighted by Gasteiger charge is 2.18. The smallest absolute Gasteiger partial charge is 0.306 e. The average Bonchev–Trinajstić information content (AvgIpc) is 3.24. The van der Waals surface area contributed by atoms with E-state index in [9.17, 15) is 4.79 Å². The number of hydrogen-bond donors (Lipinski definition) is 1. The zero-order valence-electron chi connectivity index (χ0n) is 13.3. The normalized spacial score (nSPS) is 12.5. The van der Waals surface area contributed by atoms with Gasteiger partial charge in [0.05, 0.1) is 22.5 Å². The summed E-state index contributed by atoms with van der Waals surface area (Å²) in [5, 5.41) is 0.448. The molecule has 0 amide bonds. The maximum Gasteiger partial charge on any atom is 0.306 e. The molecule has 0 saturated heterocycles. The SMILES string of the molecule is O=C(CCc1nc2ccccc2[nH]1)OCc1cc(Cl)c2c(c1)OCO2. The van der Waals surface area contributed by atoms with Gasteiger partial charge in [-0.25, -0.2) is 4.98 Å². The Labute approximate surface area is 148 Å². The van der Waals surface area contributed by atoms with Gasteiger partial charge in [0.2, 0.25) is 6.79 Å². The molecule has 0 radical (unpaired) electrons. The molecule has 1 aromatic heterocycles. The second-order valence-corrected chi connectivity index (χ2v) is 6.08. The van der Waals surface area contributed by atoms with Crippen LogP contribution in [0, 0.1) is 0 Å². The number of nitrogens with one attached hydrogen (secondary N) is 1. The molecule has 1 aliphatic heterocycles. The van der Waals surface area contributed by atoms with Crippen molar-refractivity contribution in [2.75, 3.05) is 6.79 Å². The van der Waals surface area contributed by atoms with Crippen molar-refractivity contribution in [2.45, 2.75) is 19.4 Å². The first-order valence-electron chi connectivity index (χ1n) is 7.86. The van der Waals surface area contributed by atoms with Crippen molar-refractivity contribution in [3.63, 3.8) is 0 Å². The number of nitrogens with zero attached hydrogens (tertiary/aromatic N) is 1. The molecule has 2 aromatic carbocycles. The third-order valence-electron chi connectivity index (χ3n) is 3.89. The van der Waals surface area contributed by atoms with Crippen molar-refractivity contribution in [3.05, 3.63) is 52.8 Å². The number of aromatic amines is 1. The summed E-state index contributed by atoms with van der Waals surface area (Å²) < 4.78 is 15.9. The Morgan fingerprint density at radius 1 is 1.28 bits per heavy atom. The minimum absolute atomic E-state index is 0.134. The number of para-hydroxylation sites is 2. The third-order valence-corrected chi connectivity index (χ3v) is 4.17. The second kappa shape index (κ2) is 6.64.